The normalized spacial score (nSPS) is 13.1. The second-order valence-corrected chi connectivity index (χ2v) is 9.36. The van der Waals surface area contributed by atoms with Gasteiger partial charge in [-0.05, 0) is 36.8 Å². The number of rotatable bonds is 6. The van der Waals surface area contributed by atoms with Gasteiger partial charge in [0.1, 0.15) is 17.8 Å². The molecule has 0 aliphatic carbocycles. The van der Waals surface area contributed by atoms with E-state index in [1.165, 1.54) is 17.4 Å². The van der Waals surface area contributed by atoms with Gasteiger partial charge in [0.05, 0.1) is 6.10 Å². The van der Waals surface area contributed by atoms with E-state index in [0.717, 1.165) is 5.75 Å². The molecule has 2 unspecified atom stereocenters. The van der Waals surface area contributed by atoms with Crippen LogP contribution in [0.15, 0.2) is 89.8 Å². The lowest BCUT2D eigenvalue weighted by atomic mass is 10.1. The molecule has 0 aliphatic heterocycles. The predicted octanol–water partition coefficient (Wildman–Crippen LogP) is 4.42. The van der Waals surface area contributed by atoms with Gasteiger partial charge < -0.3 is 9.66 Å². The van der Waals surface area contributed by atoms with Crippen LogP contribution < -0.4 is 0 Å². The molecule has 1 N–H and O–H groups in total. The summed E-state index contributed by atoms with van der Waals surface area (Å²) in [5.41, 5.74) is 2.02. The summed E-state index contributed by atoms with van der Waals surface area (Å²) in [7, 11) is -4.43. The fourth-order valence-corrected chi connectivity index (χ4v) is 4.47. The Morgan fingerprint density at radius 1 is 0.931 bits per heavy atom. The van der Waals surface area contributed by atoms with Crippen molar-refractivity contribution in [3.05, 3.63) is 96.1 Å². The quantitative estimate of drug-likeness (QED) is 0.354. The Balaban J connectivity index is 0.000000212. The van der Waals surface area contributed by atoms with E-state index < -0.39 is 16.5 Å². The molecular formula is C22H24O5S2. The zero-order valence-corrected chi connectivity index (χ0v) is 17.9. The average molecular weight is 433 g/mol. The van der Waals surface area contributed by atoms with E-state index in [2.05, 4.69) is 34.7 Å². The molecule has 0 amide bonds. The SMILES string of the molecule is CC(OS(=O)(=O)[O-])c1ccccc1.C[S+](Cc1ccccc1)c1ccc(O)cc1. The van der Waals surface area contributed by atoms with Crippen molar-refractivity contribution in [1.82, 2.24) is 0 Å². The Morgan fingerprint density at radius 2 is 1.45 bits per heavy atom. The number of benzene rings is 3. The monoisotopic (exact) mass is 432 g/mol. The molecule has 0 radical (unpaired) electrons. The van der Waals surface area contributed by atoms with E-state index in [0.29, 0.717) is 11.3 Å². The molecule has 0 fully saturated rings. The van der Waals surface area contributed by atoms with E-state index in [1.54, 1.807) is 42.5 Å². The highest BCUT2D eigenvalue weighted by molar-refractivity contribution is 7.95. The molecule has 0 saturated carbocycles. The second-order valence-electron chi connectivity index (χ2n) is 6.32. The highest BCUT2D eigenvalue weighted by Gasteiger charge is 2.15. The van der Waals surface area contributed by atoms with Gasteiger partial charge >= 0.3 is 0 Å². The fraction of sp³-hybridized carbons (Fsp3) is 0.182. The van der Waals surface area contributed by atoms with Crippen molar-refractivity contribution in [2.45, 2.75) is 23.7 Å². The van der Waals surface area contributed by atoms with Gasteiger partial charge in [0.25, 0.3) is 0 Å². The van der Waals surface area contributed by atoms with Crippen molar-refractivity contribution < 1.29 is 22.3 Å². The summed E-state index contributed by atoms with van der Waals surface area (Å²) in [5.74, 6) is 1.39. The molecule has 3 rings (SSSR count). The maximum absolute atomic E-state index is 10.2. The van der Waals surface area contributed by atoms with Crippen molar-refractivity contribution >= 4 is 21.3 Å². The highest BCUT2D eigenvalue weighted by Crippen LogP contribution is 2.19. The van der Waals surface area contributed by atoms with Crippen LogP contribution in [0.5, 0.6) is 5.75 Å². The summed E-state index contributed by atoms with van der Waals surface area (Å²) in [6.45, 7) is 1.50. The maximum Gasteiger partial charge on any atom is 0.218 e. The van der Waals surface area contributed by atoms with Crippen molar-refractivity contribution in [3.63, 3.8) is 0 Å². The summed E-state index contributed by atoms with van der Waals surface area (Å²) >= 11 is 0. The molecule has 0 aromatic heterocycles. The number of hydrogen-bond donors (Lipinski definition) is 1. The minimum absolute atomic E-state index is 0.196. The summed E-state index contributed by atoms with van der Waals surface area (Å²) in [6.07, 6.45) is 1.50. The first-order chi connectivity index (χ1) is 13.7. The zero-order valence-electron chi connectivity index (χ0n) is 16.3. The van der Waals surface area contributed by atoms with Gasteiger partial charge in [0, 0.05) is 16.5 Å². The molecule has 29 heavy (non-hydrogen) atoms. The van der Waals surface area contributed by atoms with Crippen LogP contribution in [0.3, 0.4) is 0 Å². The first-order valence-corrected chi connectivity index (χ1v) is 12.0. The van der Waals surface area contributed by atoms with E-state index in [4.69, 9.17) is 0 Å². The Labute approximate surface area is 175 Å². The topological polar surface area (TPSA) is 86.7 Å². The molecule has 154 valence electrons. The minimum atomic E-state index is -4.62. The Hall–Kier alpha value is -2.32. The molecule has 0 saturated heterocycles. The van der Waals surface area contributed by atoms with Crippen molar-refractivity contribution in [2.75, 3.05) is 6.26 Å². The van der Waals surface area contributed by atoms with E-state index >= 15 is 0 Å². The lowest BCUT2D eigenvalue weighted by Crippen LogP contribution is -2.08. The Morgan fingerprint density at radius 3 is 1.97 bits per heavy atom. The Kier molecular flexibility index (Phi) is 8.72. The van der Waals surface area contributed by atoms with Crippen LogP contribution in [0, 0.1) is 0 Å². The van der Waals surface area contributed by atoms with Gasteiger partial charge in [-0.1, -0.05) is 60.7 Å². The van der Waals surface area contributed by atoms with Crippen LogP contribution in [-0.4, -0.2) is 24.3 Å². The van der Waals surface area contributed by atoms with Crippen molar-refractivity contribution in [3.8, 4) is 5.75 Å². The highest BCUT2D eigenvalue weighted by atomic mass is 32.3. The van der Waals surface area contributed by atoms with Gasteiger partial charge in [-0.15, -0.1) is 0 Å². The third-order valence-electron chi connectivity index (χ3n) is 4.00. The summed E-state index contributed by atoms with van der Waals surface area (Å²) in [5, 5.41) is 9.23. The van der Waals surface area contributed by atoms with Gasteiger partial charge in [-0.2, -0.15) is 0 Å². The van der Waals surface area contributed by atoms with Gasteiger partial charge in [-0.25, -0.2) is 8.42 Å². The molecule has 7 heteroatoms. The molecule has 0 spiro atoms. The summed E-state index contributed by atoms with van der Waals surface area (Å²) in [4.78, 5) is 1.29. The van der Waals surface area contributed by atoms with Gasteiger partial charge in [0.2, 0.25) is 10.4 Å². The van der Waals surface area contributed by atoms with Crippen LogP contribution in [0.25, 0.3) is 0 Å². The number of aromatic hydroxyl groups is 1. The van der Waals surface area contributed by atoms with Crippen LogP contribution in [0.2, 0.25) is 0 Å². The summed E-state index contributed by atoms with van der Waals surface area (Å²) in [6, 6.07) is 26.7. The van der Waals surface area contributed by atoms with E-state index in [1.807, 2.05) is 18.2 Å². The number of phenols is 1. The molecule has 3 aromatic carbocycles. The molecule has 5 nitrogen and oxygen atoms in total. The first-order valence-electron chi connectivity index (χ1n) is 8.89. The molecule has 0 heterocycles. The van der Waals surface area contributed by atoms with E-state index in [-0.39, 0.29) is 10.9 Å². The molecule has 3 aromatic rings. The second kappa shape index (κ2) is 11.0. The largest absolute Gasteiger partial charge is 0.726 e. The smallest absolute Gasteiger partial charge is 0.218 e. The zero-order chi connectivity index (χ0) is 21.3. The van der Waals surface area contributed by atoms with Crippen molar-refractivity contribution in [2.24, 2.45) is 0 Å². The maximum atomic E-state index is 10.2. The van der Waals surface area contributed by atoms with Gasteiger partial charge in [-0.3, -0.25) is 4.18 Å². The number of phenolic OH excluding ortho intramolecular Hbond substituents is 1. The van der Waals surface area contributed by atoms with Crippen LogP contribution >= 0.6 is 0 Å². The van der Waals surface area contributed by atoms with Crippen LogP contribution in [0.4, 0.5) is 0 Å². The minimum Gasteiger partial charge on any atom is -0.726 e. The standard InChI is InChI=1S/C14H14OS.C8H10O4S/c1-16(11-12-5-3-2-4-6-12)14-9-7-13(15)8-10-14;1-7(12-13(9,10)11)8-5-3-2-4-6-8/h2-10H,11H2,1H3;2-7H,1H3,(H,9,10,11). The first kappa shape index (κ1) is 23.0. The summed E-state index contributed by atoms with van der Waals surface area (Å²) < 4.78 is 35.0. The number of hydrogen-bond acceptors (Lipinski definition) is 5. The predicted molar refractivity (Wildman–Crippen MR) is 115 cm³/mol. The van der Waals surface area contributed by atoms with E-state index in [9.17, 15) is 18.1 Å². The molecule has 0 aliphatic rings. The third-order valence-corrected chi connectivity index (χ3v) is 6.36. The molecular weight excluding hydrogens is 408 g/mol. The van der Waals surface area contributed by atoms with Gasteiger partial charge in [0.15, 0.2) is 4.90 Å². The molecule has 2 atom stereocenters. The lowest BCUT2D eigenvalue weighted by molar-refractivity contribution is 0.196. The van der Waals surface area contributed by atoms with Crippen LogP contribution in [0.1, 0.15) is 24.2 Å². The Bertz CT molecular complexity index is 959. The third kappa shape index (κ3) is 8.70. The van der Waals surface area contributed by atoms with Crippen LogP contribution in [-0.2, 0) is 31.2 Å². The van der Waals surface area contributed by atoms with Crippen molar-refractivity contribution in [1.29, 1.82) is 0 Å². The fourth-order valence-electron chi connectivity index (χ4n) is 2.54. The lowest BCUT2D eigenvalue weighted by Gasteiger charge is -2.14. The average Bonchev–Trinajstić information content (AvgIpc) is 2.69. The molecule has 0 bridgehead atoms.